The van der Waals surface area contributed by atoms with Crippen LogP contribution >= 0.6 is 0 Å². The SMILES string of the molecule is CC(C)C(=O)COCC(F)C(F)COc1c(F)cc(C(C)C)cc1F. The third-order valence-electron chi connectivity index (χ3n) is 3.63. The molecule has 25 heavy (non-hydrogen) atoms. The van der Waals surface area contributed by atoms with Crippen molar-refractivity contribution < 1.29 is 31.8 Å². The van der Waals surface area contributed by atoms with Gasteiger partial charge in [0.1, 0.15) is 13.2 Å². The summed E-state index contributed by atoms with van der Waals surface area (Å²) in [5, 5.41) is 0. The maximum atomic E-state index is 13.8. The standard InChI is InChI=1S/C18H24F4O3/c1-10(2)12-5-13(19)18(14(20)6-12)25-8-16(22)15(21)7-24-9-17(23)11(3)4/h5-6,10-11,15-16H,7-9H2,1-4H3. The number of hydrogen-bond donors (Lipinski definition) is 0. The van der Waals surface area contributed by atoms with E-state index in [1.165, 1.54) is 0 Å². The van der Waals surface area contributed by atoms with Crippen molar-refractivity contribution in [3.8, 4) is 5.75 Å². The molecule has 0 spiro atoms. The molecule has 1 aromatic rings. The summed E-state index contributed by atoms with van der Waals surface area (Å²) >= 11 is 0. The Bertz CT molecular complexity index is 552. The Morgan fingerprint density at radius 2 is 1.52 bits per heavy atom. The van der Waals surface area contributed by atoms with Crippen molar-refractivity contribution in [1.29, 1.82) is 0 Å². The number of Topliss-reactive ketones (excluding diaryl/α,β-unsaturated/α-hetero) is 1. The van der Waals surface area contributed by atoms with Crippen LogP contribution in [0.3, 0.4) is 0 Å². The summed E-state index contributed by atoms with van der Waals surface area (Å²) in [6, 6.07) is 2.20. The Balaban J connectivity index is 2.53. The van der Waals surface area contributed by atoms with Gasteiger partial charge in [0.25, 0.3) is 0 Å². The van der Waals surface area contributed by atoms with Gasteiger partial charge in [0.15, 0.2) is 35.5 Å². The van der Waals surface area contributed by atoms with Gasteiger partial charge in [0, 0.05) is 5.92 Å². The van der Waals surface area contributed by atoms with Crippen molar-refractivity contribution in [2.24, 2.45) is 5.92 Å². The van der Waals surface area contributed by atoms with Gasteiger partial charge >= 0.3 is 0 Å². The highest BCUT2D eigenvalue weighted by Gasteiger charge is 2.24. The van der Waals surface area contributed by atoms with E-state index in [-0.39, 0.29) is 24.2 Å². The minimum Gasteiger partial charge on any atom is -0.484 e. The number of ether oxygens (including phenoxy) is 2. The molecule has 1 aromatic carbocycles. The van der Waals surface area contributed by atoms with Crippen molar-refractivity contribution in [2.45, 2.75) is 46.0 Å². The van der Waals surface area contributed by atoms with E-state index in [4.69, 9.17) is 9.47 Å². The van der Waals surface area contributed by atoms with Crippen LogP contribution in [-0.4, -0.2) is 37.9 Å². The predicted molar refractivity (Wildman–Crippen MR) is 86.4 cm³/mol. The second-order valence-corrected chi connectivity index (χ2v) is 6.45. The molecule has 0 saturated heterocycles. The van der Waals surface area contributed by atoms with Gasteiger partial charge in [0.2, 0.25) is 0 Å². The minimum absolute atomic E-state index is 0.0899. The molecule has 0 aromatic heterocycles. The van der Waals surface area contributed by atoms with E-state index in [9.17, 15) is 22.4 Å². The van der Waals surface area contributed by atoms with Gasteiger partial charge in [-0.1, -0.05) is 27.7 Å². The Morgan fingerprint density at radius 3 is 2.00 bits per heavy atom. The highest BCUT2D eigenvalue weighted by Crippen LogP contribution is 2.27. The maximum absolute atomic E-state index is 13.8. The summed E-state index contributed by atoms with van der Waals surface area (Å²) in [4.78, 5) is 11.3. The van der Waals surface area contributed by atoms with Gasteiger partial charge in [-0.3, -0.25) is 4.79 Å². The molecule has 2 unspecified atom stereocenters. The summed E-state index contributed by atoms with van der Waals surface area (Å²) in [7, 11) is 0. The van der Waals surface area contributed by atoms with Crippen LogP contribution in [0, 0.1) is 17.6 Å². The Hall–Kier alpha value is -1.63. The van der Waals surface area contributed by atoms with E-state index in [2.05, 4.69) is 0 Å². The summed E-state index contributed by atoms with van der Waals surface area (Å²) in [5.41, 5.74) is 0.436. The fraction of sp³-hybridized carbons (Fsp3) is 0.611. The zero-order valence-corrected chi connectivity index (χ0v) is 14.8. The van der Waals surface area contributed by atoms with E-state index in [0.717, 1.165) is 12.1 Å². The van der Waals surface area contributed by atoms with E-state index < -0.39 is 42.9 Å². The second kappa shape index (κ2) is 9.75. The molecule has 3 nitrogen and oxygen atoms in total. The Kier molecular flexibility index (Phi) is 8.35. The zero-order chi connectivity index (χ0) is 19.1. The summed E-state index contributed by atoms with van der Waals surface area (Å²) in [6.07, 6.45) is -4.21. The first-order chi connectivity index (χ1) is 11.6. The van der Waals surface area contributed by atoms with Gasteiger partial charge in [0.05, 0.1) is 6.61 Å². The maximum Gasteiger partial charge on any atom is 0.190 e. The third kappa shape index (κ3) is 6.65. The highest BCUT2D eigenvalue weighted by molar-refractivity contribution is 5.81. The lowest BCUT2D eigenvalue weighted by atomic mass is 10.0. The molecule has 0 aliphatic heterocycles. The molecule has 142 valence electrons. The first kappa shape index (κ1) is 21.4. The highest BCUT2D eigenvalue weighted by atomic mass is 19.2. The number of hydrogen-bond acceptors (Lipinski definition) is 3. The van der Waals surface area contributed by atoms with Gasteiger partial charge in [-0.25, -0.2) is 17.6 Å². The molecule has 0 radical (unpaired) electrons. The monoisotopic (exact) mass is 364 g/mol. The summed E-state index contributed by atoms with van der Waals surface area (Å²) in [5.74, 6) is -3.26. The third-order valence-corrected chi connectivity index (χ3v) is 3.63. The second-order valence-electron chi connectivity index (χ2n) is 6.45. The number of ketones is 1. The molecular weight excluding hydrogens is 340 g/mol. The number of halogens is 4. The lowest BCUT2D eigenvalue weighted by Gasteiger charge is -2.16. The van der Waals surface area contributed by atoms with Crippen LogP contribution in [0.15, 0.2) is 12.1 Å². The molecule has 1 rings (SSSR count). The topological polar surface area (TPSA) is 35.5 Å². The molecule has 7 heteroatoms. The van der Waals surface area contributed by atoms with Crippen LogP contribution in [0.1, 0.15) is 39.2 Å². The minimum atomic E-state index is -2.14. The number of alkyl halides is 2. The lowest BCUT2D eigenvalue weighted by Crippen LogP contribution is -2.30. The Labute approximate surface area is 145 Å². The van der Waals surface area contributed by atoms with E-state index >= 15 is 0 Å². The van der Waals surface area contributed by atoms with Crippen LogP contribution in [0.4, 0.5) is 17.6 Å². The van der Waals surface area contributed by atoms with E-state index in [0.29, 0.717) is 5.56 Å². The number of rotatable bonds is 10. The van der Waals surface area contributed by atoms with Gasteiger partial charge in [-0.2, -0.15) is 0 Å². The van der Waals surface area contributed by atoms with Crippen LogP contribution in [0.25, 0.3) is 0 Å². The zero-order valence-electron chi connectivity index (χ0n) is 14.8. The van der Waals surface area contributed by atoms with Crippen LogP contribution in [-0.2, 0) is 9.53 Å². The molecular formula is C18H24F4O3. The van der Waals surface area contributed by atoms with Gasteiger partial charge in [-0.15, -0.1) is 0 Å². The molecule has 0 aliphatic rings. The predicted octanol–water partition coefficient (Wildman–Crippen LogP) is 4.38. The number of benzene rings is 1. The number of carbonyl (C=O) groups is 1. The van der Waals surface area contributed by atoms with Gasteiger partial charge < -0.3 is 9.47 Å². The van der Waals surface area contributed by atoms with E-state index in [1.807, 2.05) is 0 Å². The molecule has 0 N–H and O–H groups in total. The molecule has 0 amide bonds. The van der Waals surface area contributed by atoms with Crippen molar-refractivity contribution in [3.05, 3.63) is 29.3 Å². The molecule has 0 heterocycles. The fourth-order valence-corrected chi connectivity index (χ4v) is 1.86. The first-order valence-electron chi connectivity index (χ1n) is 8.13. The fourth-order valence-electron chi connectivity index (χ4n) is 1.86. The summed E-state index contributed by atoms with van der Waals surface area (Å²) in [6.45, 7) is 5.05. The Morgan fingerprint density at radius 1 is 1.00 bits per heavy atom. The number of carbonyl (C=O) groups excluding carboxylic acids is 1. The molecule has 0 bridgehead atoms. The van der Waals surface area contributed by atoms with Crippen LogP contribution < -0.4 is 4.74 Å². The largest absolute Gasteiger partial charge is 0.484 e. The molecule has 0 aliphatic carbocycles. The lowest BCUT2D eigenvalue weighted by molar-refractivity contribution is -0.127. The smallest absolute Gasteiger partial charge is 0.190 e. The van der Waals surface area contributed by atoms with Crippen molar-refractivity contribution in [1.82, 2.24) is 0 Å². The molecule has 0 fully saturated rings. The van der Waals surface area contributed by atoms with Crippen molar-refractivity contribution in [2.75, 3.05) is 19.8 Å². The average molecular weight is 364 g/mol. The van der Waals surface area contributed by atoms with Crippen LogP contribution in [0.5, 0.6) is 5.75 Å². The summed E-state index contributed by atoms with van der Waals surface area (Å²) < 4.78 is 64.6. The van der Waals surface area contributed by atoms with Crippen molar-refractivity contribution >= 4 is 5.78 Å². The first-order valence-corrected chi connectivity index (χ1v) is 8.13. The molecule has 2 atom stereocenters. The van der Waals surface area contributed by atoms with E-state index in [1.54, 1.807) is 27.7 Å². The quantitative estimate of drug-likeness (QED) is 0.578. The van der Waals surface area contributed by atoms with Crippen LogP contribution in [0.2, 0.25) is 0 Å². The van der Waals surface area contributed by atoms with Crippen molar-refractivity contribution in [3.63, 3.8) is 0 Å². The molecule has 0 saturated carbocycles. The normalized spacial score (nSPS) is 14.0. The average Bonchev–Trinajstić information content (AvgIpc) is 2.52. The van der Waals surface area contributed by atoms with Gasteiger partial charge in [-0.05, 0) is 23.6 Å².